The van der Waals surface area contributed by atoms with Crippen LogP contribution in [0.4, 0.5) is 0 Å². The topological polar surface area (TPSA) is 45.7 Å². The Morgan fingerprint density at radius 2 is 1.74 bits per heavy atom. The number of halogens is 1. The minimum Gasteiger partial charge on any atom is -0.490 e. The van der Waals surface area contributed by atoms with Crippen molar-refractivity contribution < 1.29 is 9.53 Å². The molecule has 0 N–H and O–H groups in total. The van der Waals surface area contributed by atoms with E-state index in [9.17, 15) is 4.79 Å². The number of hydrogen-bond acceptors (Lipinski definition) is 4. The largest absolute Gasteiger partial charge is 0.490 e. The molecule has 4 aromatic rings. The van der Waals surface area contributed by atoms with Gasteiger partial charge in [-0.25, -0.2) is 0 Å². The second-order valence-corrected chi connectivity index (χ2v) is 10.3. The molecule has 1 saturated heterocycles. The van der Waals surface area contributed by atoms with E-state index in [2.05, 4.69) is 65.5 Å². The lowest BCUT2D eigenvalue weighted by molar-refractivity contribution is -0.127. The van der Waals surface area contributed by atoms with Gasteiger partial charge < -0.3 is 9.64 Å². The maximum atomic E-state index is 12.6. The zero-order valence-electron chi connectivity index (χ0n) is 21.6. The molecule has 0 spiro atoms. The molecule has 38 heavy (non-hydrogen) atoms. The van der Waals surface area contributed by atoms with Gasteiger partial charge in [-0.2, -0.15) is 0 Å². The number of pyridine rings is 1. The summed E-state index contributed by atoms with van der Waals surface area (Å²) in [6.07, 6.45) is 6.96. The van der Waals surface area contributed by atoms with Crippen molar-refractivity contribution in [1.82, 2.24) is 14.8 Å². The Bertz CT molecular complexity index is 1410. The molecule has 0 saturated carbocycles. The number of carbonyl (C=O) groups is 1. The first-order chi connectivity index (χ1) is 18.5. The van der Waals surface area contributed by atoms with Crippen LogP contribution in [0.3, 0.4) is 0 Å². The van der Waals surface area contributed by atoms with E-state index < -0.39 is 0 Å². The molecule has 1 aromatic heterocycles. The normalized spacial score (nSPS) is 14.4. The van der Waals surface area contributed by atoms with Crippen molar-refractivity contribution in [2.24, 2.45) is 0 Å². The van der Waals surface area contributed by atoms with Crippen LogP contribution >= 0.6 is 11.6 Å². The molecule has 1 aliphatic heterocycles. The molecular formula is C32H32ClN3O2. The van der Waals surface area contributed by atoms with Crippen LogP contribution in [0, 0.1) is 0 Å². The number of amides is 1. The molecule has 5 nitrogen and oxygen atoms in total. The van der Waals surface area contributed by atoms with Crippen LogP contribution in [-0.2, 0) is 17.9 Å². The van der Waals surface area contributed by atoms with Gasteiger partial charge in [0.05, 0.1) is 5.52 Å². The van der Waals surface area contributed by atoms with Gasteiger partial charge in [-0.05, 0) is 66.2 Å². The number of piperidine rings is 1. The summed E-state index contributed by atoms with van der Waals surface area (Å²) in [5.74, 6) is 0.888. The zero-order chi connectivity index (χ0) is 26.3. The number of hydrogen-bond donors (Lipinski definition) is 0. The Morgan fingerprint density at radius 1 is 1.00 bits per heavy atom. The number of nitrogens with zero attached hydrogens (tertiary/aromatic N) is 3. The fourth-order valence-corrected chi connectivity index (χ4v) is 5.04. The van der Waals surface area contributed by atoms with Gasteiger partial charge >= 0.3 is 0 Å². The lowest BCUT2D eigenvalue weighted by Gasteiger charge is -2.31. The van der Waals surface area contributed by atoms with E-state index in [4.69, 9.17) is 16.3 Å². The summed E-state index contributed by atoms with van der Waals surface area (Å²) in [7, 11) is 2.14. The Balaban J connectivity index is 1.07. The smallest absolute Gasteiger partial charge is 0.246 e. The molecule has 194 valence electrons. The second kappa shape index (κ2) is 12.2. The van der Waals surface area contributed by atoms with Crippen molar-refractivity contribution in [3.8, 4) is 5.75 Å². The highest BCUT2D eigenvalue weighted by Crippen LogP contribution is 2.22. The van der Waals surface area contributed by atoms with Crippen LogP contribution in [-0.4, -0.2) is 46.9 Å². The third kappa shape index (κ3) is 6.80. The zero-order valence-corrected chi connectivity index (χ0v) is 22.3. The molecule has 1 amide bonds. The summed E-state index contributed by atoms with van der Waals surface area (Å²) < 4.78 is 6.23. The quantitative estimate of drug-likeness (QED) is 0.243. The third-order valence-electron chi connectivity index (χ3n) is 6.86. The van der Waals surface area contributed by atoms with E-state index in [1.54, 1.807) is 12.2 Å². The van der Waals surface area contributed by atoms with Crippen molar-refractivity contribution in [2.45, 2.75) is 32.0 Å². The van der Waals surface area contributed by atoms with Gasteiger partial charge in [0.15, 0.2) is 0 Å². The maximum absolute atomic E-state index is 12.6. The molecular weight excluding hydrogens is 494 g/mol. The Hall–Kier alpha value is -3.67. The first-order valence-corrected chi connectivity index (χ1v) is 13.4. The fourth-order valence-electron chi connectivity index (χ4n) is 4.84. The summed E-state index contributed by atoms with van der Waals surface area (Å²) in [6, 6.07) is 26.4. The highest BCUT2D eigenvalue weighted by atomic mass is 35.5. The van der Waals surface area contributed by atoms with Crippen LogP contribution < -0.4 is 4.74 Å². The lowest BCUT2D eigenvalue weighted by atomic mass is 10.1. The van der Waals surface area contributed by atoms with Gasteiger partial charge in [-0.3, -0.25) is 14.7 Å². The molecule has 6 heteroatoms. The summed E-state index contributed by atoms with van der Waals surface area (Å²) in [5.41, 5.74) is 4.39. The predicted molar refractivity (Wildman–Crippen MR) is 154 cm³/mol. The molecule has 0 bridgehead atoms. The molecule has 5 rings (SSSR count). The predicted octanol–water partition coefficient (Wildman–Crippen LogP) is 6.60. The minimum absolute atomic E-state index is 0.0113. The fraction of sp³-hybridized carbons (Fsp3) is 0.250. The van der Waals surface area contributed by atoms with Crippen molar-refractivity contribution in [3.05, 3.63) is 113 Å². The number of aromatic nitrogens is 1. The van der Waals surface area contributed by atoms with E-state index in [1.165, 1.54) is 16.5 Å². The molecule has 0 radical (unpaired) electrons. The van der Waals surface area contributed by atoms with E-state index in [-0.39, 0.29) is 12.0 Å². The number of carbonyl (C=O) groups excluding carboxylic acids is 1. The van der Waals surface area contributed by atoms with Crippen molar-refractivity contribution in [2.75, 3.05) is 20.1 Å². The van der Waals surface area contributed by atoms with Crippen LogP contribution in [0.15, 0.2) is 91.1 Å². The molecule has 1 aliphatic rings. The van der Waals surface area contributed by atoms with Crippen LogP contribution in [0.2, 0.25) is 5.02 Å². The Kier molecular flexibility index (Phi) is 8.37. The highest BCUT2D eigenvalue weighted by molar-refractivity contribution is 6.32. The number of benzene rings is 3. The Morgan fingerprint density at radius 3 is 2.53 bits per heavy atom. The van der Waals surface area contributed by atoms with E-state index in [0.717, 1.165) is 42.8 Å². The van der Waals surface area contributed by atoms with Gasteiger partial charge in [0.25, 0.3) is 0 Å². The van der Waals surface area contributed by atoms with Gasteiger partial charge in [0, 0.05) is 61.7 Å². The minimum atomic E-state index is 0.0113. The SMILES string of the molecule is CN(Cc1ccc(OC2CCN(C(=O)/C=C/c3ccccc3Cl)CC2)cc1)Cc1ccc2ncccc2c1. The van der Waals surface area contributed by atoms with Gasteiger partial charge in [-0.15, -0.1) is 0 Å². The number of likely N-dealkylation sites (tertiary alicyclic amines) is 1. The van der Waals surface area contributed by atoms with E-state index >= 15 is 0 Å². The highest BCUT2D eigenvalue weighted by Gasteiger charge is 2.22. The Labute approximate surface area is 229 Å². The first kappa shape index (κ1) is 26.0. The molecule has 3 aromatic carbocycles. The lowest BCUT2D eigenvalue weighted by Crippen LogP contribution is -2.41. The van der Waals surface area contributed by atoms with Crippen LogP contribution in [0.5, 0.6) is 5.75 Å². The first-order valence-electron chi connectivity index (χ1n) is 13.0. The number of ether oxygens (including phenoxy) is 1. The molecule has 0 aliphatic carbocycles. The average Bonchev–Trinajstić information content (AvgIpc) is 2.94. The van der Waals surface area contributed by atoms with Gasteiger partial charge in [0.2, 0.25) is 5.91 Å². The van der Waals surface area contributed by atoms with Crippen LogP contribution in [0.25, 0.3) is 17.0 Å². The third-order valence-corrected chi connectivity index (χ3v) is 7.21. The molecule has 0 unspecified atom stereocenters. The van der Waals surface area contributed by atoms with Gasteiger partial charge in [0.1, 0.15) is 11.9 Å². The summed E-state index contributed by atoms with van der Waals surface area (Å²) in [4.78, 5) is 21.2. The molecule has 1 fully saturated rings. The van der Waals surface area contributed by atoms with E-state index in [1.807, 2.05) is 41.4 Å². The standard InChI is InChI=1S/C32H32ClN3O2/c1-35(23-25-10-14-31-27(21-25)6-4-18-34-31)22-24-8-12-28(13-9-24)38-29-16-19-36(20-17-29)32(37)15-11-26-5-2-3-7-30(26)33/h2-15,18,21,29H,16-17,19-20,22-23H2,1H3/b15-11+. The van der Waals surface area contributed by atoms with Crippen molar-refractivity contribution in [1.29, 1.82) is 0 Å². The van der Waals surface area contributed by atoms with Crippen molar-refractivity contribution >= 4 is 34.5 Å². The molecule has 2 heterocycles. The average molecular weight is 526 g/mol. The second-order valence-electron chi connectivity index (χ2n) is 9.84. The summed E-state index contributed by atoms with van der Waals surface area (Å²) in [6.45, 7) is 3.09. The van der Waals surface area contributed by atoms with Gasteiger partial charge in [-0.1, -0.05) is 54.1 Å². The monoisotopic (exact) mass is 525 g/mol. The maximum Gasteiger partial charge on any atom is 0.246 e. The van der Waals surface area contributed by atoms with Crippen LogP contribution in [0.1, 0.15) is 29.5 Å². The van der Waals surface area contributed by atoms with E-state index in [0.29, 0.717) is 18.1 Å². The number of fused-ring (bicyclic) bond motifs is 1. The molecule has 0 atom stereocenters. The summed E-state index contributed by atoms with van der Waals surface area (Å²) >= 11 is 6.18. The number of rotatable bonds is 8. The summed E-state index contributed by atoms with van der Waals surface area (Å²) in [5, 5.41) is 1.81. The van der Waals surface area contributed by atoms with Crippen molar-refractivity contribution in [3.63, 3.8) is 0 Å².